The second-order valence-electron chi connectivity index (χ2n) is 6.14. The quantitative estimate of drug-likeness (QED) is 0.867. The van der Waals surface area contributed by atoms with E-state index in [2.05, 4.69) is 9.88 Å². The maximum absolute atomic E-state index is 12.2. The van der Waals surface area contributed by atoms with E-state index in [-0.39, 0.29) is 22.4 Å². The van der Waals surface area contributed by atoms with Gasteiger partial charge < -0.3 is 9.63 Å². The van der Waals surface area contributed by atoms with E-state index in [1.165, 1.54) is 18.2 Å². The summed E-state index contributed by atoms with van der Waals surface area (Å²) in [6.07, 6.45) is 0. The zero-order chi connectivity index (χ0) is 17.3. The summed E-state index contributed by atoms with van der Waals surface area (Å²) in [4.78, 5) is 11.1. The van der Waals surface area contributed by atoms with Gasteiger partial charge in [0.25, 0.3) is 0 Å². The van der Waals surface area contributed by atoms with Crippen molar-refractivity contribution in [2.24, 2.45) is 0 Å². The molecule has 0 saturated heterocycles. The summed E-state index contributed by atoms with van der Waals surface area (Å²) in [6.45, 7) is 5.77. The van der Waals surface area contributed by atoms with Crippen LogP contribution in [0.2, 0.25) is 0 Å². The summed E-state index contributed by atoms with van der Waals surface area (Å²) in [5.41, 5.74) is -0.125. The van der Waals surface area contributed by atoms with Gasteiger partial charge in [-0.3, -0.25) is 4.72 Å². The van der Waals surface area contributed by atoms with Gasteiger partial charge in [0, 0.05) is 11.5 Å². The lowest BCUT2D eigenvalue weighted by Gasteiger charge is -2.12. The first-order chi connectivity index (χ1) is 10.6. The zero-order valence-corrected chi connectivity index (χ0v) is 13.8. The van der Waals surface area contributed by atoms with Gasteiger partial charge in [0.2, 0.25) is 10.0 Å². The normalized spacial score (nSPS) is 12.1. The minimum absolute atomic E-state index is 0.0135. The number of aromatic nitrogens is 1. The first kappa shape index (κ1) is 17.0. The van der Waals surface area contributed by atoms with Gasteiger partial charge in [-0.2, -0.15) is 0 Å². The molecule has 1 heterocycles. The van der Waals surface area contributed by atoms with Gasteiger partial charge in [0.15, 0.2) is 0 Å². The molecule has 0 bridgehead atoms. The second kappa shape index (κ2) is 6.04. The van der Waals surface area contributed by atoms with Crippen LogP contribution in [-0.2, 0) is 21.2 Å². The highest BCUT2D eigenvalue weighted by atomic mass is 32.2. The average Bonchev–Trinajstić information content (AvgIpc) is 2.86. The highest BCUT2D eigenvalue weighted by molar-refractivity contribution is 7.91. The number of carboxylic acids is 1. The van der Waals surface area contributed by atoms with E-state index < -0.39 is 21.7 Å². The van der Waals surface area contributed by atoms with E-state index in [1.807, 2.05) is 20.8 Å². The molecule has 0 atom stereocenters. The Kier molecular flexibility index (Phi) is 4.46. The van der Waals surface area contributed by atoms with E-state index in [1.54, 1.807) is 12.1 Å². The number of hydrogen-bond donors (Lipinski definition) is 2. The Morgan fingerprint density at radius 3 is 2.52 bits per heavy atom. The minimum atomic E-state index is -3.81. The summed E-state index contributed by atoms with van der Waals surface area (Å²) in [7, 11) is -3.81. The van der Waals surface area contributed by atoms with Crippen LogP contribution in [0.15, 0.2) is 34.9 Å². The number of aromatic carboxylic acids is 1. The van der Waals surface area contributed by atoms with Gasteiger partial charge in [-0.15, -0.1) is 0 Å². The first-order valence-corrected chi connectivity index (χ1v) is 8.52. The van der Waals surface area contributed by atoms with Crippen LogP contribution in [0.3, 0.4) is 0 Å². The number of hydrogen-bond acceptors (Lipinski definition) is 5. The Morgan fingerprint density at radius 1 is 1.30 bits per heavy atom. The van der Waals surface area contributed by atoms with E-state index in [0.717, 1.165) is 0 Å². The molecule has 0 unspecified atom stereocenters. The molecular formula is C15H18N2O5S. The molecule has 8 heteroatoms. The molecule has 2 rings (SSSR count). The summed E-state index contributed by atoms with van der Waals surface area (Å²) in [5.74, 6) is -1.03. The van der Waals surface area contributed by atoms with Crippen LogP contribution in [0.1, 0.15) is 42.6 Å². The molecule has 0 aliphatic heterocycles. The van der Waals surface area contributed by atoms with Gasteiger partial charge in [-0.05, 0) is 12.1 Å². The van der Waals surface area contributed by atoms with Crippen LogP contribution in [0.4, 0.5) is 5.69 Å². The number of carboxylic acid groups (broad SMARTS) is 1. The summed E-state index contributed by atoms with van der Waals surface area (Å²) in [6, 6.07) is 7.38. The van der Waals surface area contributed by atoms with Gasteiger partial charge in [0.1, 0.15) is 17.2 Å². The maximum Gasteiger partial charge on any atom is 0.337 e. The number of sulfonamides is 1. The predicted octanol–water partition coefficient (Wildman–Crippen LogP) is 2.61. The van der Waals surface area contributed by atoms with E-state index in [9.17, 15) is 13.2 Å². The van der Waals surface area contributed by atoms with Crippen molar-refractivity contribution in [3.63, 3.8) is 0 Å². The summed E-state index contributed by atoms with van der Waals surface area (Å²) < 4.78 is 31.9. The molecule has 0 fully saturated rings. The van der Waals surface area contributed by atoms with Crippen LogP contribution in [0, 0.1) is 0 Å². The van der Waals surface area contributed by atoms with Crippen molar-refractivity contribution < 1.29 is 22.8 Å². The minimum Gasteiger partial charge on any atom is -0.478 e. The predicted molar refractivity (Wildman–Crippen MR) is 84.9 cm³/mol. The Balaban J connectivity index is 2.20. The molecule has 0 amide bonds. The molecule has 23 heavy (non-hydrogen) atoms. The largest absolute Gasteiger partial charge is 0.478 e. The zero-order valence-electron chi connectivity index (χ0n) is 13.0. The number of benzene rings is 1. The molecule has 0 radical (unpaired) electrons. The summed E-state index contributed by atoms with van der Waals surface area (Å²) >= 11 is 0. The Bertz CT molecular complexity index is 818. The molecule has 0 aliphatic rings. The monoisotopic (exact) mass is 338 g/mol. The molecule has 0 saturated carbocycles. The Morgan fingerprint density at radius 2 is 1.96 bits per heavy atom. The van der Waals surface area contributed by atoms with Crippen molar-refractivity contribution in [1.82, 2.24) is 5.16 Å². The van der Waals surface area contributed by atoms with E-state index in [4.69, 9.17) is 9.63 Å². The fraction of sp³-hybridized carbons (Fsp3) is 0.333. The van der Waals surface area contributed by atoms with Crippen molar-refractivity contribution in [3.05, 3.63) is 47.3 Å². The average molecular weight is 338 g/mol. The van der Waals surface area contributed by atoms with Crippen molar-refractivity contribution in [2.75, 3.05) is 4.72 Å². The number of anilines is 1. The van der Waals surface area contributed by atoms with Gasteiger partial charge in [-0.25, -0.2) is 13.2 Å². The number of nitrogens with zero attached hydrogens (tertiary/aromatic N) is 1. The lowest BCUT2D eigenvalue weighted by Crippen LogP contribution is -2.17. The van der Waals surface area contributed by atoms with E-state index in [0.29, 0.717) is 5.76 Å². The lowest BCUT2D eigenvalue weighted by molar-refractivity contribution is 0.0698. The van der Waals surface area contributed by atoms with Gasteiger partial charge >= 0.3 is 5.97 Å². The van der Waals surface area contributed by atoms with Gasteiger partial charge in [-0.1, -0.05) is 38.1 Å². The number of para-hydroxylation sites is 1. The first-order valence-electron chi connectivity index (χ1n) is 6.87. The topological polar surface area (TPSA) is 110 Å². The Labute approximate surface area is 134 Å². The molecule has 7 nitrogen and oxygen atoms in total. The fourth-order valence-electron chi connectivity index (χ4n) is 1.89. The standard InChI is InChI=1S/C15H18N2O5S/c1-15(2,3)13-8-10(16-22-13)9-23(20,21)17-12-7-5-4-6-11(12)14(18)19/h4-8,17H,9H2,1-3H3,(H,18,19). The highest BCUT2D eigenvalue weighted by Gasteiger charge is 2.23. The highest BCUT2D eigenvalue weighted by Crippen LogP contribution is 2.24. The van der Waals surface area contributed by atoms with Crippen LogP contribution in [0.5, 0.6) is 0 Å². The number of carbonyl (C=O) groups is 1. The SMILES string of the molecule is CC(C)(C)c1cc(CS(=O)(=O)Nc2ccccc2C(=O)O)no1. The maximum atomic E-state index is 12.2. The molecular weight excluding hydrogens is 320 g/mol. The molecule has 0 spiro atoms. The third-order valence-electron chi connectivity index (χ3n) is 3.06. The molecule has 2 N–H and O–H groups in total. The van der Waals surface area contributed by atoms with Crippen molar-refractivity contribution in [3.8, 4) is 0 Å². The molecule has 2 aromatic rings. The fourth-order valence-corrected chi connectivity index (χ4v) is 3.00. The van der Waals surface area contributed by atoms with Crippen molar-refractivity contribution >= 4 is 21.7 Å². The Hall–Kier alpha value is -2.35. The third kappa shape index (κ3) is 4.32. The second-order valence-corrected chi connectivity index (χ2v) is 7.87. The number of nitrogens with one attached hydrogen (secondary N) is 1. The van der Waals surface area contributed by atoms with Crippen molar-refractivity contribution in [2.45, 2.75) is 31.9 Å². The van der Waals surface area contributed by atoms with Crippen LogP contribution < -0.4 is 4.72 Å². The summed E-state index contributed by atoms with van der Waals surface area (Å²) in [5, 5.41) is 12.8. The molecule has 1 aromatic heterocycles. The lowest BCUT2D eigenvalue weighted by atomic mass is 9.93. The smallest absolute Gasteiger partial charge is 0.337 e. The van der Waals surface area contributed by atoms with E-state index >= 15 is 0 Å². The van der Waals surface area contributed by atoms with Crippen molar-refractivity contribution in [1.29, 1.82) is 0 Å². The molecule has 1 aromatic carbocycles. The molecule has 0 aliphatic carbocycles. The molecule has 124 valence electrons. The van der Waals surface area contributed by atoms with Crippen LogP contribution in [-0.4, -0.2) is 24.7 Å². The van der Waals surface area contributed by atoms with Gasteiger partial charge in [0.05, 0.1) is 11.3 Å². The third-order valence-corrected chi connectivity index (χ3v) is 4.27. The number of rotatable bonds is 5. The van der Waals surface area contributed by atoms with Crippen LogP contribution in [0.25, 0.3) is 0 Å². The van der Waals surface area contributed by atoms with Crippen LogP contribution >= 0.6 is 0 Å².